The molecule has 0 saturated carbocycles. The Morgan fingerprint density at radius 1 is 1.00 bits per heavy atom. The van der Waals surface area contributed by atoms with E-state index in [0.717, 1.165) is 26.6 Å². The van der Waals surface area contributed by atoms with Crippen LogP contribution < -0.4 is 11.2 Å². The van der Waals surface area contributed by atoms with Crippen LogP contribution in [-0.4, -0.2) is 25.2 Å². The summed E-state index contributed by atoms with van der Waals surface area (Å²) in [6.07, 6.45) is 1.60. The molecule has 0 fully saturated rings. The maximum Gasteiger partial charge on any atom is 0.336 e. The first-order chi connectivity index (χ1) is 16.4. The highest BCUT2D eigenvalue weighted by Gasteiger charge is 2.23. The average Bonchev–Trinajstić information content (AvgIpc) is 3.25. The van der Waals surface area contributed by atoms with Gasteiger partial charge in [-0.25, -0.2) is 9.36 Å². The molecule has 0 aliphatic rings. The summed E-state index contributed by atoms with van der Waals surface area (Å²) in [6, 6.07) is 19.2. The van der Waals surface area contributed by atoms with Crippen LogP contribution in [-0.2, 0) is 11.2 Å². The van der Waals surface area contributed by atoms with Crippen LogP contribution in [0, 0.1) is 6.92 Å². The number of nitrogens with zero attached hydrogens (tertiary/aromatic N) is 2. The van der Waals surface area contributed by atoms with Gasteiger partial charge in [-0.2, -0.15) is 0 Å². The largest absolute Gasteiger partial charge is 0.481 e. The Balaban J connectivity index is 1.85. The molecular formula is C27H23N3O4. The third-order valence-corrected chi connectivity index (χ3v) is 6.35. The number of carboxylic acids is 1. The van der Waals surface area contributed by atoms with Gasteiger partial charge in [0.1, 0.15) is 0 Å². The maximum atomic E-state index is 14.0. The first-order valence-corrected chi connectivity index (χ1v) is 11.0. The van der Waals surface area contributed by atoms with Crippen LogP contribution >= 0.6 is 0 Å². The van der Waals surface area contributed by atoms with Crippen molar-refractivity contribution in [3.8, 4) is 5.69 Å². The van der Waals surface area contributed by atoms with Crippen LogP contribution in [0.2, 0.25) is 0 Å². The van der Waals surface area contributed by atoms with Crippen molar-refractivity contribution < 1.29 is 9.90 Å². The van der Waals surface area contributed by atoms with Crippen LogP contribution in [0.5, 0.6) is 0 Å². The molecule has 2 aromatic heterocycles. The van der Waals surface area contributed by atoms with Crippen LogP contribution in [0.3, 0.4) is 0 Å². The Morgan fingerprint density at radius 3 is 2.53 bits per heavy atom. The number of aromatic amines is 1. The number of aryl methyl sites for hydroxylation is 1. The molecule has 0 aliphatic carbocycles. The molecule has 0 saturated heterocycles. The zero-order chi connectivity index (χ0) is 24.0. The number of benzene rings is 3. The van der Waals surface area contributed by atoms with E-state index in [1.807, 2.05) is 38.2 Å². The summed E-state index contributed by atoms with van der Waals surface area (Å²) in [6.45, 7) is 3.96. The lowest BCUT2D eigenvalue weighted by molar-refractivity contribution is -0.136. The molecule has 5 rings (SSSR count). The third-order valence-electron chi connectivity index (χ3n) is 6.35. The van der Waals surface area contributed by atoms with Crippen molar-refractivity contribution in [3.63, 3.8) is 0 Å². The number of para-hydroxylation sites is 2. The summed E-state index contributed by atoms with van der Waals surface area (Å²) < 4.78 is 2.71. The fraction of sp³-hybridized carbons (Fsp3) is 0.148. The molecule has 0 aliphatic heterocycles. The van der Waals surface area contributed by atoms with Crippen LogP contribution in [0.1, 0.15) is 29.7 Å². The minimum absolute atomic E-state index is 0.279. The lowest BCUT2D eigenvalue weighted by Crippen LogP contribution is -2.40. The number of fused-ring (bicyclic) bond motifs is 2. The van der Waals surface area contributed by atoms with E-state index in [-0.39, 0.29) is 12.1 Å². The van der Waals surface area contributed by atoms with Gasteiger partial charge in [0, 0.05) is 22.7 Å². The zero-order valence-electron chi connectivity index (χ0n) is 18.8. The Bertz CT molecular complexity index is 1690. The molecule has 7 heteroatoms. The minimum atomic E-state index is -1.04. The normalized spacial score (nSPS) is 12.3. The van der Waals surface area contributed by atoms with Crippen molar-refractivity contribution in [1.82, 2.24) is 14.1 Å². The van der Waals surface area contributed by atoms with Gasteiger partial charge in [0.25, 0.3) is 5.56 Å². The number of H-pyrrole nitrogens is 1. The van der Waals surface area contributed by atoms with Gasteiger partial charge >= 0.3 is 11.7 Å². The Morgan fingerprint density at radius 2 is 1.74 bits per heavy atom. The van der Waals surface area contributed by atoms with Crippen LogP contribution in [0.25, 0.3) is 27.5 Å². The van der Waals surface area contributed by atoms with E-state index in [1.165, 1.54) is 0 Å². The predicted molar refractivity (Wildman–Crippen MR) is 132 cm³/mol. The Hall–Kier alpha value is -4.39. The maximum absolute atomic E-state index is 14.0. The number of carbonyl (C=O) groups is 1. The van der Waals surface area contributed by atoms with Crippen molar-refractivity contribution in [2.45, 2.75) is 26.3 Å². The summed E-state index contributed by atoms with van der Waals surface area (Å²) in [5.41, 5.74) is 3.20. The van der Waals surface area contributed by atoms with E-state index in [4.69, 9.17) is 0 Å². The number of hydrogen-bond acceptors (Lipinski definition) is 3. The molecule has 170 valence electrons. The quantitative estimate of drug-likeness (QED) is 0.417. The predicted octanol–water partition coefficient (Wildman–Crippen LogP) is 4.18. The summed E-state index contributed by atoms with van der Waals surface area (Å²) in [5.74, 6) is -1.04. The SMILES string of the molecule is Cc1cccc2[nH]cc(C(C)n3c(=O)n(-c4ccccc4CC(=O)O)c(=O)c4ccccc43)c12. The van der Waals surface area contributed by atoms with Crippen molar-refractivity contribution in [2.24, 2.45) is 0 Å². The van der Waals surface area contributed by atoms with Crippen LogP contribution in [0.15, 0.2) is 82.5 Å². The number of carboxylic acid groups (broad SMARTS) is 1. The van der Waals surface area contributed by atoms with E-state index in [9.17, 15) is 19.5 Å². The highest BCUT2D eigenvalue weighted by Crippen LogP contribution is 2.30. The smallest absolute Gasteiger partial charge is 0.336 e. The summed E-state index contributed by atoms with van der Waals surface area (Å²) in [4.78, 5) is 42.2. The van der Waals surface area contributed by atoms with Gasteiger partial charge in [0.15, 0.2) is 0 Å². The molecule has 0 bridgehead atoms. The molecule has 34 heavy (non-hydrogen) atoms. The number of nitrogens with one attached hydrogen (secondary N) is 1. The molecule has 0 amide bonds. The van der Waals surface area contributed by atoms with E-state index in [2.05, 4.69) is 4.98 Å². The van der Waals surface area contributed by atoms with Gasteiger partial charge in [-0.1, -0.05) is 42.5 Å². The first-order valence-electron chi connectivity index (χ1n) is 11.0. The third kappa shape index (κ3) is 3.33. The van der Waals surface area contributed by atoms with E-state index >= 15 is 0 Å². The first kappa shape index (κ1) is 21.5. The Labute approximate surface area is 194 Å². The standard InChI is InChI=1S/C27H23N3O4/c1-16-8-7-11-21-25(16)20(15-28-21)17(2)29-23-13-6-4-10-19(23)26(33)30(27(29)34)22-12-5-3-9-18(22)14-24(31)32/h3-13,15,17,28H,14H2,1-2H3,(H,31,32). The second kappa shape index (κ2) is 8.19. The van der Waals surface area contributed by atoms with Crippen LogP contribution in [0.4, 0.5) is 0 Å². The lowest BCUT2D eigenvalue weighted by Gasteiger charge is -2.21. The zero-order valence-corrected chi connectivity index (χ0v) is 18.8. The number of rotatable bonds is 5. The average molecular weight is 453 g/mol. The summed E-state index contributed by atoms with van der Waals surface area (Å²) in [5, 5.41) is 10.8. The van der Waals surface area contributed by atoms with E-state index < -0.39 is 23.3 Å². The fourth-order valence-electron chi connectivity index (χ4n) is 4.78. The number of hydrogen-bond donors (Lipinski definition) is 2. The summed E-state index contributed by atoms with van der Waals surface area (Å²) >= 11 is 0. The summed E-state index contributed by atoms with van der Waals surface area (Å²) in [7, 11) is 0. The highest BCUT2D eigenvalue weighted by molar-refractivity contribution is 5.87. The van der Waals surface area contributed by atoms with Gasteiger partial charge < -0.3 is 10.1 Å². The molecule has 3 aromatic carbocycles. The van der Waals surface area contributed by atoms with E-state index in [1.54, 1.807) is 53.1 Å². The van der Waals surface area contributed by atoms with Crippen molar-refractivity contribution in [3.05, 3.63) is 110 Å². The second-order valence-corrected chi connectivity index (χ2v) is 8.43. The van der Waals surface area contributed by atoms with Crippen molar-refractivity contribution >= 4 is 27.8 Å². The van der Waals surface area contributed by atoms with Gasteiger partial charge in [-0.15, -0.1) is 0 Å². The molecular weight excluding hydrogens is 430 g/mol. The lowest BCUT2D eigenvalue weighted by atomic mass is 10.0. The topological polar surface area (TPSA) is 97.1 Å². The molecule has 5 aromatic rings. The monoisotopic (exact) mass is 453 g/mol. The second-order valence-electron chi connectivity index (χ2n) is 8.43. The molecule has 1 atom stereocenters. The minimum Gasteiger partial charge on any atom is -0.481 e. The molecule has 2 N–H and O–H groups in total. The van der Waals surface area contributed by atoms with Crippen molar-refractivity contribution in [2.75, 3.05) is 0 Å². The van der Waals surface area contributed by atoms with Gasteiger partial charge in [-0.3, -0.25) is 14.2 Å². The van der Waals surface area contributed by atoms with E-state index in [0.29, 0.717) is 16.5 Å². The number of aliphatic carboxylic acids is 1. The van der Waals surface area contributed by atoms with Gasteiger partial charge in [0.2, 0.25) is 0 Å². The number of aromatic nitrogens is 3. The highest BCUT2D eigenvalue weighted by atomic mass is 16.4. The molecule has 0 radical (unpaired) electrons. The fourth-order valence-corrected chi connectivity index (χ4v) is 4.78. The Kier molecular flexibility index (Phi) is 5.17. The van der Waals surface area contributed by atoms with Gasteiger partial charge in [0.05, 0.1) is 29.1 Å². The molecule has 2 heterocycles. The van der Waals surface area contributed by atoms with Gasteiger partial charge in [-0.05, 0) is 49.2 Å². The van der Waals surface area contributed by atoms with Crippen molar-refractivity contribution in [1.29, 1.82) is 0 Å². The molecule has 1 unspecified atom stereocenters. The molecule has 0 spiro atoms. The molecule has 7 nitrogen and oxygen atoms in total.